The zero-order valence-corrected chi connectivity index (χ0v) is 17.6. The number of nitrogens with zero attached hydrogens (tertiary/aromatic N) is 4. The van der Waals surface area contributed by atoms with E-state index in [1.807, 2.05) is 58.4 Å². The van der Waals surface area contributed by atoms with Crippen molar-refractivity contribution in [3.63, 3.8) is 0 Å². The van der Waals surface area contributed by atoms with Gasteiger partial charge in [-0.05, 0) is 38.5 Å². The molecule has 0 bridgehead atoms. The highest BCUT2D eigenvalue weighted by atomic mass is 32.1. The molecule has 0 spiro atoms. The first-order valence-corrected chi connectivity index (χ1v) is 9.92. The minimum Gasteiger partial charge on any atom is -0.296 e. The van der Waals surface area contributed by atoms with Crippen molar-refractivity contribution in [2.24, 2.45) is 4.99 Å². The Kier molecular flexibility index (Phi) is 7.55. The van der Waals surface area contributed by atoms with Crippen LogP contribution in [0.1, 0.15) is 49.5 Å². The molecule has 0 aromatic carbocycles. The Balaban J connectivity index is 0.00000126. The summed E-state index contributed by atoms with van der Waals surface area (Å²) >= 11 is 1.76. The van der Waals surface area contributed by atoms with Gasteiger partial charge in [-0.25, -0.2) is 9.97 Å². The number of fused-ring (bicyclic) bond motifs is 1. The molecule has 3 rings (SSSR count). The maximum atomic E-state index is 4.56. The topological polar surface area (TPSA) is 51.0 Å². The Morgan fingerprint density at radius 2 is 1.93 bits per heavy atom. The minimum absolute atomic E-state index is 0.907. The normalized spacial score (nSPS) is 12.4. The van der Waals surface area contributed by atoms with Crippen molar-refractivity contribution in [2.75, 3.05) is 7.05 Å². The lowest BCUT2D eigenvalue weighted by Crippen LogP contribution is -2.03. The van der Waals surface area contributed by atoms with Crippen LogP contribution in [0.4, 0.5) is 0 Å². The largest absolute Gasteiger partial charge is 0.296 e. The van der Waals surface area contributed by atoms with Crippen molar-refractivity contribution in [1.82, 2.24) is 15.0 Å². The molecule has 140 valence electrons. The quantitative estimate of drug-likeness (QED) is 0.525. The van der Waals surface area contributed by atoms with Crippen LogP contribution in [0.25, 0.3) is 21.2 Å². The lowest BCUT2D eigenvalue weighted by Gasteiger charge is -2.13. The van der Waals surface area contributed by atoms with Crippen LogP contribution in [0.3, 0.4) is 0 Å². The van der Waals surface area contributed by atoms with E-state index in [2.05, 4.69) is 39.0 Å². The van der Waals surface area contributed by atoms with Gasteiger partial charge in [0.2, 0.25) is 0 Å². The number of hydrogen-bond acceptors (Lipinski definition) is 5. The number of pyridine rings is 1. The number of aromatic nitrogens is 3. The summed E-state index contributed by atoms with van der Waals surface area (Å²) in [6.45, 7) is 10.1. The summed E-state index contributed by atoms with van der Waals surface area (Å²) in [5.41, 5.74) is 5.04. The van der Waals surface area contributed by atoms with E-state index in [-0.39, 0.29) is 0 Å². The maximum absolute atomic E-state index is 4.56. The average Bonchev–Trinajstić information content (AvgIpc) is 3.13. The van der Waals surface area contributed by atoms with Crippen LogP contribution in [-0.4, -0.2) is 28.2 Å². The number of allylic oxidation sites excluding steroid dienone is 3. The lowest BCUT2D eigenvalue weighted by atomic mass is 9.96. The van der Waals surface area contributed by atoms with Crippen LogP contribution in [0.15, 0.2) is 48.0 Å². The molecular weight excluding hydrogens is 352 g/mol. The van der Waals surface area contributed by atoms with Crippen molar-refractivity contribution < 1.29 is 0 Å². The Bertz CT molecular complexity index is 963. The van der Waals surface area contributed by atoms with Crippen LogP contribution < -0.4 is 0 Å². The molecule has 0 aliphatic rings. The molecule has 0 aliphatic heterocycles. The maximum Gasteiger partial charge on any atom is 0.116 e. The number of hydrogen-bond donors (Lipinski definition) is 0. The summed E-state index contributed by atoms with van der Waals surface area (Å²) in [6.07, 6.45) is 11.3. The molecule has 3 aromatic rings. The van der Waals surface area contributed by atoms with Gasteiger partial charge in [0.25, 0.3) is 0 Å². The smallest absolute Gasteiger partial charge is 0.116 e. The van der Waals surface area contributed by atoms with Crippen molar-refractivity contribution >= 4 is 38.8 Å². The van der Waals surface area contributed by atoms with E-state index in [1.54, 1.807) is 24.7 Å². The Morgan fingerprint density at radius 1 is 1.15 bits per heavy atom. The minimum atomic E-state index is 0.907. The number of aliphatic imine (C=N–C) groups is 1. The number of rotatable bonds is 4. The predicted octanol–water partition coefficient (Wildman–Crippen LogP) is 5.98. The number of aryl methyl sites for hydroxylation is 1. The van der Waals surface area contributed by atoms with Gasteiger partial charge in [-0.2, -0.15) is 0 Å². The average molecular weight is 379 g/mol. The summed E-state index contributed by atoms with van der Waals surface area (Å²) in [7, 11) is 1.77. The predicted molar refractivity (Wildman–Crippen MR) is 119 cm³/mol. The van der Waals surface area contributed by atoms with Crippen molar-refractivity contribution in [3.05, 3.63) is 64.8 Å². The standard InChI is InChI=1S/C20H20N4S.C2H6/c1-5-14(10-21-4)20-19(13(3)23-12-24-20)16(6-2)18-9-15-11-22-8-7-17(15)25-18;1-2/h5-12H,1-4H3;1-2H3/b14-5+,16-6-,21-10?;. The Labute approximate surface area is 165 Å². The zero-order valence-electron chi connectivity index (χ0n) is 16.8. The van der Waals surface area contributed by atoms with Crippen LogP contribution >= 0.6 is 11.3 Å². The second-order valence-electron chi connectivity index (χ2n) is 5.54. The van der Waals surface area contributed by atoms with Gasteiger partial charge in [-0.15, -0.1) is 11.3 Å². The molecule has 0 amide bonds. The van der Waals surface area contributed by atoms with E-state index in [4.69, 9.17) is 0 Å². The van der Waals surface area contributed by atoms with E-state index < -0.39 is 0 Å². The Morgan fingerprint density at radius 3 is 2.56 bits per heavy atom. The summed E-state index contributed by atoms with van der Waals surface area (Å²) < 4.78 is 1.22. The molecule has 0 atom stereocenters. The molecule has 0 radical (unpaired) electrons. The highest BCUT2D eigenvalue weighted by Gasteiger charge is 2.18. The molecule has 0 fully saturated rings. The van der Waals surface area contributed by atoms with Gasteiger partial charge in [0.05, 0.1) is 5.69 Å². The second-order valence-corrected chi connectivity index (χ2v) is 6.62. The fourth-order valence-corrected chi connectivity index (χ4v) is 3.96. The molecule has 3 aromatic heterocycles. The second kappa shape index (κ2) is 9.88. The highest BCUT2D eigenvalue weighted by Crippen LogP contribution is 2.36. The van der Waals surface area contributed by atoms with E-state index in [1.165, 1.54) is 9.58 Å². The molecule has 0 unspecified atom stereocenters. The van der Waals surface area contributed by atoms with Gasteiger partial charge in [0, 0.05) is 57.4 Å². The Hall–Kier alpha value is -2.66. The fourth-order valence-electron chi connectivity index (χ4n) is 2.85. The first kappa shape index (κ1) is 20.6. The van der Waals surface area contributed by atoms with Gasteiger partial charge in [-0.1, -0.05) is 26.0 Å². The van der Waals surface area contributed by atoms with E-state index in [0.717, 1.165) is 33.5 Å². The number of thiophene rings is 1. The summed E-state index contributed by atoms with van der Waals surface area (Å²) in [5, 5.41) is 1.15. The molecule has 4 nitrogen and oxygen atoms in total. The van der Waals surface area contributed by atoms with E-state index >= 15 is 0 Å². The third kappa shape index (κ3) is 4.37. The van der Waals surface area contributed by atoms with Crippen LogP contribution in [0.5, 0.6) is 0 Å². The summed E-state index contributed by atoms with van der Waals surface area (Å²) in [6, 6.07) is 4.23. The van der Waals surface area contributed by atoms with Gasteiger partial charge < -0.3 is 0 Å². The van der Waals surface area contributed by atoms with E-state index in [9.17, 15) is 0 Å². The molecule has 3 heterocycles. The lowest BCUT2D eigenvalue weighted by molar-refractivity contribution is 1.07. The molecule has 0 N–H and O–H groups in total. The molecule has 0 saturated carbocycles. The molecule has 0 aliphatic carbocycles. The van der Waals surface area contributed by atoms with Gasteiger partial charge in [0.1, 0.15) is 6.33 Å². The molecule has 0 saturated heterocycles. The first-order valence-electron chi connectivity index (χ1n) is 9.10. The molecule has 5 heteroatoms. The molecule has 27 heavy (non-hydrogen) atoms. The van der Waals surface area contributed by atoms with Crippen molar-refractivity contribution in [2.45, 2.75) is 34.6 Å². The van der Waals surface area contributed by atoms with Crippen molar-refractivity contribution in [1.29, 1.82) is 0 Å². The van der Waals surface area contributed by atoms with Crippen LogP contribution in [0, 0.1) is 6.92 Å². The van der Waals surface area contributed by atoms with Gasteiger partial charge in [-0.3, -0.25) is 9.98 Å². The van der Waals surface area contributed by atoms with Gasteiger partial charge >= 0.3 is 0 Å². The fraction of sp³-hybridized carbons (Fsp3) is 0.273. The third-order valence-electron chi connectivity index (χ3n) is 4.03. The van der Waals surface area contributed by atoms with Crippen LogP contribution in [-0.2, 0) is 0 Å². The third-order valence-corrected chi connectivity index (χ3v) is 5.18. The summed E-state index contributed by atoms with van der Waals surface area (Å²) in [4.78, 5) is 18.6. The highest BCUT2D eigenvalue weighted by molar-refractivity contribution is 7.20. The summed E-state index contributed by atoms with van der Waals surface area (Å²) in [5.74, 6) is 0. The van der Waals surface area contributed by atoms with Crippen LogP contribution in [0.2, 0.25) is 0 Å². The van der Waals surface area contributed by atoms with Gasteiger partial charge in [0.15, 0.2) is 0 Å². The molecular formula is C22H26N4S. The van der Waals surface area contributed by atoms with Crippen molar-refractivity contribution in [3.8, 4) is 0 Å². The zero-order chi connectivity index (χ0) is 19.8. The van der Waals surface area contributed by atoms with E-state index in [0.29, 0.717) is 0 Å². The monoisotopic (exact) mass is 378 g/mol. The SMILES string of the molecule is C/C=C(\C=NC)c1ncnc(C)c1/C(=C\C)c1cc2cnccc2s1.CC. The first-order chi connectivity index (χ1) is 13.2.